The second-order valence-corrected chi connectivity index (χ2v) is 6.22. The van der Waals surface area contributed by atoms with E-state index in [-0.39, 0.29) is 23.7 Å². The largest absolute Gasteiger partial charge is 0.465 e. The number of carbonyl (C=O) groups is 1. The van der Waals surface area contributed by atoms with Crippen LogP contribution in [0.25, 0.3) is 0 Å². The number of hydrogen-bond donors (Lipinski definition) is 1. The van der Waals surface area contributed by atoms with Crippen LogP contribution in [0.1, 0.15) is 51.6 Å². The van der Waals surface area contributed by atoms with Gasteiger partial charge in [0.15, 0.2) is 0 Å². The van der Waals surface area contributed by atoms with Crippen molar-refractivity contribution >= 4 is 11.7 Å². The van der Waals surface area contributed by atoms with E-state index in [2.05, 4.69) is 10.3 Å². The number of alkyl halides is 3. The quantitative estimate of drug-likeness (QED) is 0.791. The number of carbonyl (C=O) groups excluding carboxylic acids is 1. The van der Waals surface area contributed by atoms with Gasteiger partial charge in [0.1, 0.15) is 0 Å². The highest BCUT2D eigenvalue weighted by molar-refractivity contribution is 5.90. The van der Waals surface area contributed by atoms with Crippen LogP contribution in [0.3, 0.4) is 0 Å². The second-order valence-electron chi connectivity index (χ2n) is 6.22. The van der Waals surface area contributed by atoms with Crippen LogP contribution in [-0.2, 0) is 17.5 Å². The average Bonchev–Trinajstić information content (AvgIpc) is 3.49. The molecule has 1 aliphatic carbocycles. The Labute approximate surface area is 153 Å². The Morgan fingerprint density at radius 3 is 2.67 bits per heavy atom. The molecule has 1 aromatic heterocycles. The molecule has 0 bridgehead atoms. The first-order valence-corrected chi connectivity index (χ1v) is 8.27. The Morgan fingerprint density at radius 1 is 1.33 bits per heavy atom. The van der Waals surface area contributed by atoms with Gasteiger partial charge in [0.2, 0.25) is 0 Å². The van der Waals surface area contributed by atoms with Crippen LogP contribution in [0.4, 0.5) is 18.9 Å². The van der Waals surface area contributed by atoms with Gasteiger partial charge in [-0.25, -0.2) is 4.79 Å². The summed E-state index contributed by atoms with van der Waals surface area (Å²) in [5.41, 5.74) is 0.421. The number of nitriles is 1. The van der Waals surface area contributed by atoms with Crippen LogP contribution < -0.4 is 5.32 Å². The van der Waals surface area contributed by atoms with E-state index in [9.17, 15) is 18.0 Å². The third-order valence-corrected chi connectivity index (χ3v) is 4.27. The third kappa shape index (κ3) is 4.19. The number of halogens is 3. The summed E-state index contributed by atoms with van der Waals surface area (Å²) in [7, 11) is 1.29. The molecule has 27 heavy (non-hydrogen) atoms. The smallest absolute Gasteiger partial charge is 0.418 e. The highest BCUT2D eigenvalue weighted by Crippen LogP contribution is 2.41. The first-order valence-electron chi connectivity index (χ1n) is 8.27. The van der Waals surface area contributed by atoms with Crippen LogP contribution in [0.15, 0.2) is 30.3 Å². The average molecular weight is 375 g/mol. The summed E-state index contributed by atoms with van der Waals surface area (Å²) in [6.45, 7) is 0.0517. The van der Waals surface area contributed by atoms with E-state index < -0.39 is 17.7 Å². The number of anilines is 1. The number of hydrogen-bond acceptors (Lipinski definition) is 5. The minimum atomic E-state index is -4.59. The second kappa shape index (κ2) is 7.27. The molecule has 8 heteroatoms. The summed E-state index contributed by atoms with van der Waals surface area (Å²) >= 11 is 0. The lowest BCUT2D eigenvalue weighted by Crippen LogP contribution is -2.13. The monoisotopic (exact) mass is 375 g/mol. The fourth-order valence-electron chi connectivity index (χ4n) is 2.75. The predicted octanol–water partition coefficient (Wildman–Crippen LogP) is 4.25. The first-order chi connectivity index (χ1) is 12.8. The Balaban J connectivity index is 1.84. The van der Waals surface area contributed by atoms with Crippen LogP contribution in [0.2, 0.25) is 0 Å². The molecule has 0 radical (unpaired) electrons. The first kappa shape index (κ1) is 18.7. The Hall–Kier alpha value is -3.08. The molecule has 3 rings (SSSR count). The number of benzene rings is 1. The zero-order chi connectivity index (χ0) is 19.6. The summed E-state index contributed by atoms with van der Waals surface area (Å²) in [6.07, 6.45) is -2.75. The van der Waals surface area contributed by atoms with Crippen molar-refractivity contribution in [3.05, 3.63) is 58.4 Å². The summed E-state index contributed by atoms with van der Waals surface area (Å²) in [5.74, 6) is -0.296. The van der Waals surface area contributed by atoms with E-state index in [0.29, 0.717) is 17.0 Å². The van der Waals surface area contributed by atoms with Gasteiger partial charge in [0.05, 0.1) is 47.8 Å². The molecule has 1 heterocycles. The normalized spacial score (nSPS) is 13.7. The molecule has 5 nitrogen and oxygen atoms in total. The fourth-order valence-corrected chi connectivity index (χ4v) is 2.75. The number of methoxy groups -OCH3 is 1. The zero-order valence-electron chi connectivity index (χ0n) is 14.4. The Bertz CT molecular complexity index is 915. The molecule has 2 aromatic rings. The third-order valence-electron chi connectivity index (χ3n) is 4.27. The lowest BCUT2D eigenvalue weighted by Gasteiger charge is -2.15. The van der Waals surface area contributed by atoms with Crippen molar-refractivity contribution in [2.24, 2.45) is 0 Å². The summed E-state index contributed by atoms with van der Waals surface area (Å²) in [4.78, 5) is 16.3. The molecule has 140 valence electrons. The van der Waals surface area contributed by atoms with Gasteiger partial charge in [0, 0.05) is 11.6 Å². The molecule has 0 amide bonds. The van der Waals surface area contributed by atoms with Crippen molar-refractivity contribution in [1.29, 1.82) is 5.26 Å². The maximum Gasteiger partial charge on any atom is 0.418 e. The molecular formula is C19H16F3N3O2. The van der Waals surface area contributed by atoms with Crippen molar-refractivity contribution < 1.29 is 22.7 Å². The predicted molar refractivity (Wildman–Crippen MR) is 91.0 cm³/mol. The number of nitrogens with one attached hydrogen (secondary N) is 1. The Morgan fingerprint density at radius 2 is 2.07 bits per heavy atom. The maximum absolute atomic E-state index is 13.2. The van der Waals surface area contributed by atoms with Gasteiger partial charge in [-0.15, -0.1) is 0 Å². The zero-order valence-corrected chi connectivity index (χ0v) is 14.4. The van der Waals surface area contributed by atoms with E-state index in [1.54, 1.807) is 18.2 Å². The summed E-state index contributed by atoms with van der Waals surface area (Å²) in [5, 5.41) is 11.5. The van der Waals surface area contributed by atoms with Gasteiger partial charge in [-0.05, 0) is 43.2 Å². The summed E-state index contributed by atoms with van der Waals surface area (Å²) in [6, 6.07) is 8.24. The van der Waals surface area contributed by atoms with Gasteiger partial charge < -0.3 is 10.1 Å². The minimum Gasteiger partial charge on any atom is -0.465 e. The number of esters is 1. The SMILES string of the molecule is COC(=O)c1ccc(CNc2ccc(C#N)cc2C(F)(F)F)nc1C1CC1. The lowest BCUT2D eigenvalue weighted by atomic mass is 10.1. The minimum absolute atomic E-state index is 0.0517. The standard InChI is InChI=1S/C19H16F3N3O2/c1-27-18(26)14-6-5-13(25-17(14)12-3-4-12)10-24-16-7-2-11(9-23)8-15(16)19(20,21)22/h2,5-8,12,24H,3-4,10H2,1H3. The van der Waals surface area contributed by atoms with Gasteiger partial charge in [0.25, 0.3) is 0 Å². The maximum atomic E-state index is 13.2. The van der Waals surface area contributed by atoms with E-state index >= 15 is 0 Å². The van der Waals surface area contributed by atoms with E-state index in [1.165, 1.54) is 19.2 Å². The molecule has 0 saturated heterocycles. The number of nitrogens with zero attached hydrogens (tertiary/aromatic N) is 2. The van der Waals surface area contributed by atoms with Crippen molar-refractivity contribution in [2.75, 3.05) is 12.4 Å². The van der Waals surface area contributed by atoms with Crippen molar-refractivity contribution in [3.8, 4) is 6.07 Å². The molecule has 0 aliphatic heterocycles. The highest BCUT2D eigenvalue weighted by Gasteiger charge is 2.34. The van der Waals surface area contributed by atoms with E-state index in [1.807, 2.05) is 0 Å². The molecule has 1 aliphatic rings. The van der Waals surface area contributed by atoms with Gasteiger partial charge >= 0.3 is 12.1 Å². The molecule has 1 N–H and O–H groups in total. The molecule has 0 spiro atoms. The molecular weight excluding hydrogens is 359 g/mol. The number of pyridine rings is 1. The number of ether oxygens (including phenoxy) is 1. The highest BCUT2D eigenvalue weighted by atomic mass is 19.4. The molecule has 0 atom stereocenters. The van der Waals surface area contributed by atoms with E-state index in [4.69, 9.17) is 10.00 Å². The summed E-state index contributed by atoms with van der Waals surface area (Å²) < 4.78 is 44.5. The number of aromatic nitrogens is 1. The molecule has 0 unspecified atom stereocenters. The molecule has 1 saturated carbocycles. The lowest BCUT2D eigenvalue weighted by molar-refractivity contribution is -0.137. The fraction of sp³-hybridized carbons (Fsp3) is 0.316. The topological polar surface area (TPSA) is 75.0 Å². The van der Waals surface area contributed by atoms with Crippen LogP contribution in [0.5, 0.6) is 0 Å². The Kier molecular flexibility index (Phi) is 5.04. The van der Waals surface area contributed by atoms with Gasteiger partial charge in [-0.2, -0.15) is 18.4 Å². The van der Waals surface area contributed by atoms with Gasteiger partial charge in [-0.1, -0.05) is 0 Å². The van der Waals surface area contributed by atoms with Crippen LogP contribution in [-0.4, -0.2) is 18.1 Å². The van der Waals surface area contributed by atoms with Crippen molar-refractivity contribution in [2.45, 2.75) is 31.5 Å². The van der Waals surface area contributed by atoms with Crippen molar-refractivity contribution in [1.82, 2.24) is 4.98 Å². The molecule has 1 fully saturated rings. The van der Waals surface area contributed by atoms with Crippen LogP contribution >= 0.6 is 0 Å². The van der Waals surface area contributed by atoms with Crippen LogP contribution in [0, 0.1) is 11.3 Å². The van der Waals surface area contributed by atoms with Crippen molar-refractivity contribution in [3.63, 3.8) is 0 Å². The number of rotatable bonds is 5. The van der Waals surface area contributed by atoms with E-state index in [0.717, 1.165) is 18.9 Å². The van der Waals surface area contributed by atoms with Gasteiger partial charge in [-0.3, -0.25) is 4.98 Å². The molecule has 1 aromatic carbocycles.